The van der Waals surface area contributed by atoms with Crippen LogP contribution in [-0.4, -0.2) is 22.9 Å². The van der Waals surface area contributed by atoms with Gasteiger partial charge < -0.3 is 13.9 Å². The van der Waals surface area contributed by atoms with Crippen molar-refractivity contribution in [3.63, 3.8) is 0 Å². The average molecular weight is 732 g/mol. The molecule has 2 heterocycles. The molecule has 0 saturated carbocycles. The van der Waals surface area contributed by atoms with E-state index in [2.05, 4.69) is 204 Å². The molecule has 2 aliphatic rings. The molecule has 0 amide bonds. The third-order valence-corrected chi connectivity index (χ3v) is 12.0. The normalized spacial score (nSPS) is 16.0. The van der Waals surface area contributed by atoms with Crippen LogP contribution in [0.1, 0.15) is 82.0 Å². The number of aromatic nitrogens is 1. The molecule has 9 rings (SSSR count). The summed E-state index contributed by atoms with van der Waals surface area (Å²) in [6, 6.07) is 53.2. The van der Waals surface area contributed by atoms with Crippen molar-refractivity contribution in [2.45, 2.75) is 65.1 Å². The largest absolute Gasteiger partial charge is 0.494 e. The van der Waals surface area contributed by atoms with Crippen LogP contribution in [0.5, 0.6) is 0 Å². The van der Waals surface area contributed by atoms with Gasteiger partial charge in [-0.3, -0.25) is 0 Å². The topological polar surface area (TPSA) is 23.4 Å². The average Bonchev–Trinajstić information content (AvgIpc) is 3.79. The van der Waals surface area contributed by atoms with Crippen molar-refractivity contribution in [2.24, 2.45) is 0 Å². The van der Waals surface area contributed by atoms with Gasteiger partial charge in [-0.2, -0.15) is 0 Å². The van der Waals surface area contributed by atoms with Crippen molar-refractivity contribution in [3.8, 4) is 27.9 Å². The molecule has 56 heavy (non-hydrogen) atoms. The molecule has 0 N–H and O–H groups in total. The van der Waals surface area contributed by atoms with Crippen molar-refractivity contribution >= 4 is 35.6 Å². The molecule has 3 nitrogen and oxygen atoms in total. The molecule has 6 aromatic carbocycles. The van der Waals surface area contributed by atoms with Crippen LogP contribution in [0.3, 0.4) is 0 Å². The molecule has 1 saturated heterocycles. The van der Waals surface area contributed by atoms with E-state index >= 15 is 0 Å². The van der Waals surface area contributed by atoms with Crippen LogP contribution >= 0.6 is 0 Å². The van der Waals surface area contributed by atoms with Crippen molar-refractivity contribution in [1.82, 2.24) is 4.57 Å². The summed E-state index contributed by atoms with van der Waals surface area (Å²) in [7, 11) is -0.419. The second-order valence-electron chi connectivity index (χ2n) is 15.5. The fourth-order valence-electron chi connectivity index (χ4n) is 8.75. The Kier molecular flexibility index (Phi) is 9.61. The Labute approximate surface area is 333 Å². The number of allylic oxidation sites excluding steroid dienone is 1. The van der Waals surface area contributed by atoms with Crippen LogP contribution in [0.2, 0.25) is 0 Å². The minimum absolute atomic E-state index is 0.401. The zero-order valence-corrected chi connectivity index (χ0v) is 33.6. The van der Waals surface area contributed by atoms with Gasteiger partial charge in [0.1, 0.15) is 0 Å². The predicted molar refractivity (Wildman–Crippen MR) is 238 cm³/mol. The summed E-state index contributed by atoms with van der Waals surface area (Å²) in [6.07, 6.45) is 6.32. The number of rotatable bonds is 7. The van der Waals surface area contributed by atoms with E-state index in [1.807, 2.05) is 19.9 Å². The van der Waals surface area contributed by atoms with E-state index in [1.54, 1.807) is 0 Å². The standard InChI is InChI=1S/C50H44BNO2.C2H6/c1-7-18-46-40(8-2)43-32-35(34-19-17-24-38(31-34)51-53-48(3,4)49(5,6)54-51)27-30-47(43)52(46)39-28-29-45-42(33-39)41-25-15-16-26-44(41)50(45,36-20-11-9-12-21-36)37-22-13-10-14-23-37;1-2/h7-33H,2H2,1,3-6H3;1-2H3/b18-7-;. The Hall–Kier alpha value is -5.68. The zero-order valence-electron chi connectivity index (χ0n) is 33.6. The lowest BCUT2D eigenvalue weighted by atomic mass is 9.68. The van der Waals surface area contributed by atoms with Gasteiger partial charge in [-0.25, -0.2) is 0 Å². The van der Waals surface area contributed by atoms with Gasteiger partial charge >= 0.3 is 7.12 Å². The maximum Gasteiger partial charge on any atom is 0.494 e. The van der Waals surface area contributed by atoms with Crippen LogP contribution in [0, 0.1) is 0 Å². The highest BCUT2D eigenvalue weighted by Gasteiger charge is 2.52. The highest BCUT2D eigenvalue weighted by atomic mass is 16.7. The van der Waals surface area contributed by atoms with E-state index in [-0.39, 0.29) is 0 Å². The molecule has 1 fully saturated rings. The number of hydrogen-bond donors (Lipinski definition) is 0. The quantitative estimate of drug-likeness (QED) is 0.152. The highest BCUT2D eigenvalue weighted by molar-refractivity contribution is 6.62. The van der Waals surface area contributed by atoms with Crippen LogP contribution in [0.15, 0.2) is 158 Å². The summed E-state index contributed by atoms with van der Waals surface area (Å²) in [6.45, 7) is 18.8. The molecular weight excluding hydrogens is 681 g/mol. The number of benzene rings is 6. The van der Waals surface area contributed by atoms with E-state index < -0.39 is 23.7 Å². The third kappa shape index (κ3) is 5.74. The smallest absolute Gasteiger partial charge is 0.399 e. The van der Waals surface area contributed by atoms with E-state index in [4.69, 9.17) is 9.31 Å². The first-order valence-corrected chi connectivity index (χ1v) is 19.9. The second-order valence-corrected chi connectivity index (χ2v) is 15.5. The molecule has 0 unspecified atom stereocenters. The number of nitrogens with zero attached hydrogens (tertiary/aromatic N) is 1. The summed E-state index contributed by atoms with van der Waals surface area (Å²) in [4.78, 5) is 0. The van der Waals surface area contributed by atoms with Crippen molar-refractivity contribution in [3.05, 3.63) is 192 Å². The predicted octanol–water partition coefficient (Wildman–Crippen LogP) is 12.7. The first-order valence-electron chi connectivity index (χ1n) is 19.9. The van der Waals surface area contributed by atoms with Gasteiger partial charge in [-0.05, 0) is 115 Å². The van der Waals surface area contributed by atoms with Crippen molar-refractivity contribution in [2.75, 3.05) is 0 Å². The van der Waals surface area contributed by atoms with Gasteiger partial charge in [-0.15, -0.1) is 0 Å². The third-order valence-electron chi connectivity index (χ3n) is 12.0. The van der Waals surface area contributed by atoms with E-state index in [0.717, 1.165) is 44.4 Å². The van der Waals surface area contributed by atoms with Gasteiger partial charge in [0.05, 0.1) is 27.8 Å². The van der Waals surface area contributed by atoms with Gasteiger partial charge in [-0.1, -0.05) is 154 Å². The summed E-state index contributed by atoms with van der Waals surface area (Å²) in [5, 5.41) is 1.15. The van der Waals surface area contributed by atoms with Crippen LogP contribution < -0.4 is 5.46 Å². The maximum absolute atomic E-state index is 6.41. The monoisotopic (exact) mass is 731 g/mol. The molecule has 1 aromatic heterocycles. The fraction of sp³-hybridized carbons (Fsp3) is 0.192. The Balaban J connectivity index is 0.00000217. The number of fused-ring (bicyclic) bond motifs is 4. The van der Waals surface area contributed by atoms with E-state index in [1.165, 1.54) is 33.4 Å². The van der Waals surface area contributed by atoms with Crippen LogP contribution in [0.25, 0.3) is 51.0 Å². The summed E-state index contributed by atoms with van der Waals surface area (Å²) < 4.78 is 15.2. The Bertz CT molecular complexity index is 2540. The molecule has 278 valence electrons. The number of hydrogen-bond acceptors (Lipinski definition) is 2. The summed E-state index contributed by atoms with van der Waals surface area (Å²) in [5.74, 6) is 0. The molecule has 1 aliphatic heterocycles. The van der Waals surface area contributed by atoms with Gasteiger partial charge in [0.25, 0.3) is 0 Å². The molecule has 4 heteroatoms. The summed E-state index contributed by atoms with van der Waals surface area (Å²) >= 11 is 0. The maximum atomic E-state index is 6.41. The Morgan fingerprint density at radius 1 is 0.607 bits per heavy atom. The lowest BCUT2D eigenvalue weighted by molar-refractivity contribution is 0.00578. The van der Waals surface area contributed by atoms with Gasteiger partial charge in [0.15, 0.2) is 0 Å². The second kappa shape index (κ2) is 14.4. The molecule has 0 spiro atoms. The molecule has 0 atom stereocenters. The van der Waals surface area contributed by atoms with Gasteiger partial charge in [0, 0.05) is 16.6 Å². The molecule has 0 radical (unpaired) electrons. The highest BCUT2D eigenvalue weighted by Crippen LogP contribution is 2.56. The minimum Gasteiger partial charge on any atom is -0.399 e. The van der Waals surface area contributed by atoms with E-state index in [0.29, 0.717) is 0 Å². The molecule has 1 aliphatic carbocycles. The zero-order chi connectivity index (χ0) is 39.2. The van der Waals surface area contributed by atoms with Crippen LogP contribution in [-0.2, 0) is 14.7 Å². The van der Waals surface area contributed by atoms with E-state index in [9.17, 15) is 0 Å². The van der Waals surface area contributed by atoms with Gasteiger partial charge in [0.2, 0.25) is 0 Å². The van der Waals surface area contributed by atoms with Crippen molar-refractivity contribution in [1.29, 1.82) is 0 Å². The summed E-state index contributed by atoms with van der Waals surface area (Å²) in [5.41, 5.74) is 14.1. The Morgan fingerprint density at radius 3 is 1.86 bits per heavy atom. The lowest BCUT2D eigenvalue weighted by Gasteiger charge is -2.33. The molecule has 7 aromatic rings. The Morgan fingerprint density at radius 2 is 1.21 bits per heavy atom. The lowest BCUT2D eigenvalue weighted by Crippen LogP contribution is -2.41. The van der Waals surface area contributed by atoms with Crippen molar-refractivity contribution < 1.29 is 9.31 Å². The molecule has 0 bridgehead atoms. The molecular formula is C52H50BNO2. The first-order chi connectivity index (χ1) is 27.2. The minimum atomic E-state index is -0.437. The van der Waals surface area contributed by atoms with Crippen LogP contribution in [0.4, 0.5) is 0 Å². The first kappa shape index (κ1) is 37.3. The SMILES string of the molecule is C=Cc1c(/C=C\C)n(-c2ccc3c(c2)-c2ccccc2C3(c2ccccc2)c2ccccc2)c2ccc(-c3cccc(B4OC(C)(C)C(C)(C)O4)c3)cc12.CC. The fourth-order valence-corrected chi connectivity index (χ4v) is 8.75.